The zero-order valence-corrected chi connectivity index (χ0v) is 22.6. The molecule has 3 unspecified atom stereocenters. The van der Waals surface area contributed by atoms with E-state index in [1.807, 2.05) is 0 Å². The summed E-state index contributed by atoms with van der Waals surface area (Å²) >= 11 is 0. The molecule has 4 aliphatic rings. The molecule has 0 bridgehead atoms. The lowest BCUT2D eigenvalue weighted by Crippen LogP contribution is -2.59. The van der Waals surface area contributed by atoms with Crippen molar-refractivity contribution in [2.24, 2.45) is 40.4 Å². The zero-order chi connectivity index (χ0) is 24.5. The molecule has 0 spiro atoms. The van der Waals surface area contributed by atoms with Gasteiger partial charge in [0, 0.05) is 31.6 Å². The minimum absolute atomic E-state index is 0.0703. The first-order valence-electron chi connectivity index (χ1n) is 14.4. The summed E-state index contributed by atoms with van der Waals surface area (Å²) in [6, 6.07) is 1.09. The van der Waals surface area contributed by atoms with E-state index < -0.39 is 0 Å². The van der Waals surface area contributed by atoms with Crippen molar-refractivity contribution in [1.29, 1.82) is 0 Å². The molecule has 34 heavy (non-hydrogen) atoms. The van der Waals surface area contributed by atoms with Crippen LogP contribution in [-0.4, -0.2) is 49.5 Å². The standard InChI is InChI=1S/C29H52N2O3/c1-19(2)30-15-16-31-21-11-13-29(4)24-12-14-28(3)20(7-6-8-27(33)34-5)9-10-23(28)22(24)18-26(32)25(29)17-21/h19-26,30-32H,6-18H2,1-5H3/t20-,21-,22?,23?,24?,25+,26+,28+,29+/m0/s1. The van der Waals surface area contributed by atoms with Gasteiger partial charge < -0.3 is 20.5 Å². The van der Waals surface area contributed by atoms with Crippen molar-refractivity contribution < 1.29 is 14.6 Å². The largest absolute Gasteiger partial charge is 0.469 e. The van der Waals surface area contributed by atoms with Crippen molar-refractivity contribution >= 4 is 5.97 Å². The average molecular weight is 477 g/mol. The smallest absolute Gasteiger partial charge is 0.305 e. The normalized spacial score (nSPS) is 43.8. The number of hydrogen-bond donors (Lipinski definition) is 3. The number of aliphatic hydroxyl groups excluding tert-OH is 1. The van der Waals surface area contributed by atoms with E-state index in [4.69, 9.17) is 4.74 Å². The first-order chi connectivity index (χ1) is 16.2. The van der Waals surface area contributed by atoms with Crippen LogP contribution in [0.3, 0.4) is 0 Å². The maximum absolute atomic E-state index is 11.6. The molecule has 4 aliphatic carbocycles. The Balaban J connectivity index is 1.38. The predicted molar refractivity (Wildman–Crippen MR) is 137 cm³/mol. The van der Waals surface area contributed by atoms with E-state index in [1.165, 1.54) is 45.6 Å². The highest BCUT2D eigenvalue weighted by Gasteiger charge is 2.61. The average Bonchev–Trinajstić information content (AvgIpc) is 3.13. The van der Waals surface area contributed by atoms with Crippen LogP contribution in [0.25, 0.3) is 0 Å². The van der Waals surface area contributed by atoms with Crippen LogP contribution in [0.5, 0.6) is 0 Å². The van der Waals surface area contributed by atoms with Crippen LogP contribution >= 0.6 is 0 Å². The Bertz CT molecular complexity index is 699. The molecule has 0 aliphatic heterocycles. The van der Waals surface area contributed by atoms with Crippen molar-refractivity contribution in [3.63, 3.8) is 0 Å². The van der Waals surface area contributed by atoms with E-state index in [1.54, 1.807) is 0 Å². The van der Waals surface area contributed by atoms with Gasteiger partial charge in [0.05, 0.1) is 13.2 Å². The molecule has 3 N–H and O–H groups in total. The van der Waals surface area contributed by atoms with Crippen molar-refractivity contribution in [2.45, 2.75) is 117 Å². The van der Waals surface area contributed by atoms with Crippen LogP contribution in [0.15, 0.2) is 0 Å². The Morgan fingerprint density at radius 3 is 2.47 bits per heavy atom. The van der Waals surface area contributed by atoms with Crippen molar-refractivity contribution in [1.82, 2.24) is 10.6 Å². The van der Waals surface area contributed by atoms with E-state index in [-0.39, 0.29) is 12.1 Å². The molecule has 0 radical (unpaired) electrons. The monoisotopic (exact) mass is 476 g/mol. The second kappa shape index (κ2) is 10.8. The summed E-state index contributed by atoms with van der Waals surface area (Å²) in [5, 5.41) is 18.8. The van der Waals surface area contributed by atoms with Gasteiger partial charge in [-0.05, 0) is 105 Å². The van der Waals surface area contributed by atoms with Crippen LogP contribution in [0.4, 0.5) is 0 Å². The number of fused-ring (bicyclic) bond motifs is 5. The molecule has 0 saturated heterocycles. The van der Waals surface area contributed by atoms with Gasteiger partial charge in [-0.3, -0.25) is 4.79 Å². The molecule has 5 nitrogen and oxygen atoms in total. The third-order valence-electron chi connectivity index (χ3n) is 11.1. The Kier molecular flexibility index (Phi) is 8.36. The molecule has 4 fully saturated rings. The van der Waals surface area contributed by atoms with Gasteiger partial charge in [-0.25, -0.2) is 0 Å². The molecule has 0 heterocycles. The lowest BCUT2D eigenvalue weighted by molar-refractivity contribution is -0.161. The molecule has 9 atom stereocenters. The number of ether oxygens (including phenoxy) is 1. The van der Waals surface area contributed by atoms with Crippen LogP contribution in [-0.2, 0) is 9.53 Å². The second-order valence-electron chi connectivity index (χ2n) is 13.1. The number of carbonyl (C=O) groups is 1. The Morgan fingerprint density at radius 2 is 1.74 bits per heavy atom. The topological polar surface area (TPSA) is 70.6 Å². The van der Waals surface area contributed by atoms with Crippen LogP contribution < -0.4 is 10.6 Å². The quantitative estimate of drug-likeness (QED) is 0.326. The van der Waals surface area contributed by atoms with Crippen LogP contribution in [0.2, 0.25) is 0 Å². The number of aliphatic hydroxyl groups is 1. The molecule has 4 saturated carbocycles. The molecule has 4 rings (SSSR count). The summed E-state index contributed by atoms with van der Waals surface area (Å²) in [4.78, 5) is 11.6. The van der Waals surface area contributed by atoms with Crippen molar-refractivity contribution in [3.05, 3.63) is 0 Å². The molecule has 0 aromatic carbocycles. The molecular weight excluding hydrogens is 424 g/mol. The molecule has 196 valence electrons. The molecule has 0 aromatic rings. The lowest BCUT2D eigenvalue weighted by Gasteiger charge is -2.62. The first-order valence-corrected chi connectivity index (χ1v) is 14.4. The number of nitrogens with one attached hydrogen (secondary N) is 2. The summed E-state index contributed by atoms with van der Waals surface area (Å²) < 4.78 is 4.86. The fourth-order valence-electron chi connectivity index (χ4n) is 9.30. The second-order valence-corrected chi connectivity index (χ2v) is 13.1. The van der Waals surface area contributed by atoms with Crippen molar-refractivity contribution in [3.8, 4) is 0 Å². The highest BCUT2D eigenvalue weighted by atomic mass is 16.5. The van der Waals surface area contributed by atoms with E-state index in [9.17, 15) is 9.90 Å². The van der Waals surface area contributed by atoms with Gasteiger partial charge in [0.2, 0.25) is 0 Å². The maximum atomic E-state index is 11.6. The van der Waals surface area contributed by atoms with E-state index in [0.29, 0.717) is 41.2 Å². The number of carbonyl (C=O) groups excluding carboxylic acids is 1. The summed E-state index contributed by atoms with van der Waals surface area (Å²) in [5.41, 5.74) is 0.684. The fraction of sp³-hybridized carbons (Fsp3) is 0.966. The van der Waals surface area contributed by atoms with E-state index >= 15 is 0 Å². The number of hydrogen-bond acceptors (Lipinski definition) is 5. The van der Waals surface area contributed by atoms with Crippen LogP contribution in [0, 0.1) is 40.4 Å². The Morgan fingerprint density at radius 1 is 1.00 bits per heavy atom. The van der Waals surface area contributed by atoms with Gasteiger partial charge in [0.1, 0.15) is 0 Å². The number of rotatable bonds is 9. The van der Waals surface area contributed by atoms with Gasteiger partial charge >= 0.3 is 5.97 Å². The summed E-state index contributed by atoms with van der Waals surface area (Å²) in [7, 11) is 1.49. The molecule has 0 aromatic heterocycles. The van der Waals surface area contributed by atoms with Gasteiger partial charge in [0.15, 0.2) is 0 Å². The van der Waals surface area contributed by atoms with Gasteiger partial charge in [0.25, 0.3) is 0 Å². The Hall–Kier alpha value is -0.650. The highest BCUT2D eigenvalue weighted by molar-refractivity contribution is 5.68. The van der Waals surface area contributed by atoms with E-state index in [2.05, 4.69) is 38.3 Å². The Labute approximate surface area is 208 Å². The molecular formula is C29H52N2O3. The molecule has 5 heteroatoms. The summed E-state index contributed by atoms with van der Waals surface area (Å²) in [5.74, 6) is 3.31. The predicted octanol–water partition coefficient (Wildman–Crippen LogP) is 4.92. The third-order valence-corrected chi connectivity index (χ3v) is 11.1. The van der Waals surface area contributed by atoms with E-state index in [0.717, 1.165) is 56.5 Å². The van der Waals surface area contributed by atoms with Gasteiger partial charge in [-0.1, -0.05) is 27.7 Å². The third kappa shape index (κ3) is 5.09. The maximum Gasteiger partial charge on any atom is 0.305 e. The number of esters is 1. The number of methoxy groups -OCH3 is 1. The minimum Gasteiger partial charge on any atom is -0.469 e. The van der Waals surface area contributed by atoms with Gasteiger partial charge in [-0.15, -0.1) is 0 Å². The lowest BCUT2D eigenvalue weighted by atomic mass is 9.44. The zero-order valence-electron chi connectivity index (χ0n) is 22.6. The molecule has 0 amide bonds. The summed E-state index contributed by atoms with van der Waals surface area (Å²) in [6.07, 6.45) is 12.5. The van der Waals surface area contributed by atoms with Gasteiger partial charge in [-0.2, -0.15) is 0 Å². The van der Waals surface area contributed by atoms with Crippen LogP contribution in [0.1, 0.15) is 98.3 Å². The minimum atomic E-state index is -0.148. The van der Waals surface area contributed by atoms with Crippen molar-refractivity contribution in [2.75, 3.05) is 20.2 Å². The first kappa shape index (κ1) is 26.4. The summed E-state index contributed by atoms with van der Waals surface area (Å²) in [6.45, 7) is 11.5. The fourth-order valence-corrected chi connectivity index (χ4v) is 9.30. The SMILES string of the molecule is COC(=O)CCC[C@H]1CCC2C3C[C@@H](O)[C@H]4C[C@@H](NCCNC(C)C)CC[C@]4(C)C3CC[C@@]21C. The highest BCUT2D eigenvalue weighted by Crippen LogP contribution is 2.67.